The van der Waals surface area contributed by atoms with Crippen molar-refractivity contribution in [3.63, 3.8) is 0 Å². The average molecular weight is 330 g/mol. The van der Waals surface area contributed by atoms with Gasteiger partial charge in [-0.05, 0) is 6.42 Å². The molecule has 0 aromatic rings. The van der Waals surface area contributed by atoms with Crippen LogP contribution in [0.5, 0.6) is 0 Å². The van der Waals surface area contributed by atoms with Crippen molar-refractivity contribution in [1.82, 2.24) is 0 Å². The van der Waals surface area contributed by atoms with Gasteiger partial charge in [-0.3, -0.25) is 13.7 Å². The minimum atomic E-state index is -5.22. The van der Waals surface area contributed by atoms with Gasteiger partial charge in [-0.2, -0.15) is 0 Å². The standard InChI is InChI=1S/C3H10O7P2.C2H7O3P/c1-2-3(4,11(5,6)7)12(8,9)10;1-2-6(3,4)5/h4H,2H2,1H3,(H2,5,6,7)(H2,8,9,10);2H2,1H3,(H2,3,4,5). The highest BCUT2D eigenvalue weighted by Crippen LogP contribution is 2.68. The van der Waals surface area contributed by atoms with Crippen LogP contribution in [0.1, 0.15) is 20.3 Å². The third-order valence-corrected chi connectivity index (χ3v) is 6.70. The minimum Gasteiger partial charge on any atom is -0.368 e. The summed E-state index contributed by atoms with van der Waals surface area (Å²) >= 11 is 0. The molecule has 0 atom stereocenters. The normalized spacial score (nSPS) is 13.8. The predicted molar refractivity (Wildman–Crippen MR) is 61.9 cm³/mol. The second kappa shape index (κ2) is 6.72. The van der Waals surface area contributed by atoms with Crippen molar-refractivity contribution in [2.45, 2.75) is 25.4 Å². The monoisotopic (exact) mass is 330 g/mol. The van der Waals surface area contributed by atoms with Crippen LogP contribution in [0.2, 0.25) is 0 Å². The Balaban J connectivity index is 0. The summed E-state index contributed by atoms with van der Waals surface area (Å²) in [5, 5.41) is 5.72. The van der Waals surface area contributed by atoms with Crippen LogP contribution in [0, 0.1) is 0 Å². The van der Waals surface area contributed by atoms with E-state index in [1.807, 2.05) is 0 Å². The molecule has 13 heteroatoms. The van der Waals surface area contributed by atoms with Crippen molar-refractivity contribution in [2.75, 3.05) is 6.16 Å². The first-order chi connectivity index (χ1) is 7.62. The van der Waals surface area contributed by atoms with Gasteiger partial charge in [0.2, 0.25) is 0 Å². The largest absolute Gasteiger partial charge is 0.369 e. The lowest BCUT2D eigenvalue weighted by Gasteiger charge is -2.27. The van der Waals surface area contributed by atoms with E-state index in [1.54, 1.807) is 0 Å². The number of rotatable bonds is 4. The quantitative estimate of drug-likeness (QED) is 0.333. The summed E-state index contributed by atoms with van der Waals surface area (Å²) in [6.07, 6.45) is -0.783. The molecule has 0 saturated heterocycles. The zero-order valence-electron chi connectivity index (χ0n) is 9.61. The third-order valence-electron chi connectivity index (χ3n) is 1.82. The maximum absolute atomic E-state index is 10.5. The van der Waals surface area contributed by atoms with Crippen LogP contribution >= 0.6 is 22.8 Å². The van der Waals surface area contributed by atoms with E-state index in [-0.39, 0.29) is 6.16 Å². The summed E-state index contributed by atoms with van der Waals surface area (Å²) in [4.78, 5) is 49.6. The molecule has 0 amide bonds. The van der Waals surface area contributed by atoms with Crippen molar-refractivity contribution in [1.29, 1.82) is 0 Å². The first-order valence-electron chi connectivity index (χ1n) is 4.50. The summed E-state index contributed by atoms with van der Waals surface area (Å²) in [5.41, 5.74) is 0. The molecule has 0 unspecified atom stereocenters. The number of aliphatic hydroxyl groups is 1. The molecule has 112 valence electrons. The lowest BCUT2D eigenvalue weighted by molar-refractivity contribution is 0.127. The van der Waals surface area contributed by atoms with Gasteiger partial charge in [0.15, 0.2) is 0 Å². The smallest absolute Gasteiger partial charge is 0.368 e. The van der Waals surface area contributed by atoms with Crippen LogP contribution in [0.25, 0.3) is 0 Å². The molecular weight excluding hydrogens is 313 g/mol. The molecule has 0 aromatic carbocycles. The van der Waals surface area contributed by atoms with Gasteiger partial charge in [-0.15, -0.1) is 0 Å². The van der Waals surface area contributed by atoms with Gasteiger partial charge < -0.3 is 34.5 Å². The SMILES string of the molecule is CCC(O)(P(=O)(O)O)P(=O)(O)O.CCP(=O)(O)O. The van der Waals surface area contributed by atoms with Crippen molar-refractivity contribution in [3.05, 3.63) is 0 Å². The Labute approximate surface area is 103 Å². The van der Waals surface area contributed by atoms with Crippen LogP contribution in [0.4, 0.5) is 0 Å². The van der Waals surface area contributed by atoms with Gasteiger partial charge >= 0.3 is 22.8 Å². The second-order valence-electron chi connectivity index (χ2n) is 3.20. The molecule has 0 aliphatic heterocycles. The van der Waals surface area contributed by atoms with E-state index in [4.69, 9.17) is 34.5 Å². The Morgan fingerprint density at radius 1 is 0.833 bits per heavy atom. The molecule has 0 spiro atoms. The van der Waals surface area contributed by atoms with E-state index in [0.717, 1.165) is 6.92 Å². The first-order valence-corrected chi connectivity index (χ1v) is 9.52. The predicted octanol–water partition coefficient (Wildman–Crippen LogP) is -0.418. The van der Waals surface area contributed by atoms with Crippen molar-refractivity contribution in [3.8, 4) is 0 Å². The fourth-order valence-corrected chi connectivity index (χ4v) is 2.76. The van der Waals surface area contributed by atoms with Gasteiger partial charge in [0.05, 0.1) is 0 Å². The number of hydrogen-bond acceptors (Lipinski definition) is 4. The molecular formula is C5H17O10P3. The topological polar surface area (TPSA) is 193 Å². The van der Waals surface area contributed by atoms with Crippen LogP contribution < -0.4 is 0 Å². The van der Waals surface area contributed by atoms with Crippen molar-refractivity contribution < 1.29 is 48.2 Å². The molecule has 18 heavy (non-hydrogen) atoms. The summed E-state index contributed by atoms with van der Waals surface area (Å²) in [5.74, 6) is 0. The molecule has 10 nitrogen and oxygen atoms in total. The van der Waals surface area contributed by atoms with Gasteiger partial charge in [0.25, 0.3) is 5.08 Å². The van der Waals surface area contributed by atoms with Crippen LogP contribution in [0.3, 0.4) is 0 Å². The van der Waals surface area contributed by atoms with Crippen LogP contribution in [0.15, 0.2) is 0 Å². The van der Waals surface area contributed by atoms with Crippen molar-refractivity contribution >= 4 is 22.8 Å². The zero-order valence-corrected chi connectivity index (χ0v) is 12.3. The summed E-state index contributed by atoms with van der Waals surface area (Å²) in [6, 6.07) is 0. The Morgan fingerprint density at radius 2 is 1.06 bits per heavy atom. The Bertz CT molecular complexity index is 364. The van der Waals surface area contributed by atoms with E-state index in [1.165, 1.54) is 6.92 Å². The molecule has 0 bridgehead atoms. The summed E-state index contributed by atoms with van der Waals surface area (Å²) < 4.78 is 30.7. The molecule has 0 aliphatic carbocycles. The lowest BCUT2D eigenvalue weighted by Crippen LogP contribution is -2.27. The number of hydrogen-bond donors (Lipinski definition) is 7. The van der Waals surface area contributed by atoms with Gasteiger partial charge in [0.1, 0.15) is 0 Å². The maximum atomic E-state index is 10.5. The van der Waals surface area contributed by atoms with E-state index in [2.05, 4.69) is 0 Å². The molecule has 0 fully saturated rings. The highest BCUT2D eigenvalue weighted by atomic mass is 31.2. The first kappa shape index (κ1) is 20.7. The fraction of sp³-hybridized carbons (Fsp3) is 1.00. The van der Waals surface area contributed by atoms with Crippen molar-refractivity contribution in [2.24, 2.45) is 0 Å². The molecule has 7 N–H and O–H groups in total. The lowest BCUT2D eigenvalue weighted by atomic mass is 10.5. The summed E-state index contributed by atoms with van der Waals surface area (Å²) in [7, 11) is -14.1. The van der Waals surface area contributed by atoms with E-state index >= 15 is 0 Å². The highest BCUT2D eigenvalue weighted by Gasteiger charge is 2.57. The molecule has 0 heterocycles. The van der Waals surface area contributed by atoms with E-state index in [9.17, 15) is 13.7 Å². The maximum Gasteiger partial charge on any atom is 0.369 e. The fourth-order valence-electron chi connectivity index (χ4n) is 0.582. The summed E-state index contributed by atoms with van der Waals surface area (Å²) in [6.45, 7) is 2.51. The third kappa shape index (κ3) is 6.54. The van der Waals surface area contributed by atoms with Gasteiger partial charge in [-0.1, -0.05) is 13.8 Å². The average Bonchev–Trinajstić information content (AvgIpc) is 2.12. The Kier molecular flexibility index (Phi) is 7.74. The molecule has 0 rings (SSSR count). The minimum absolute atomic E-state index is 0.0625. The van der Waals surface area contributed by atoms with Crippen LogP contribution in [-0.2, 0) is 13.7 Å². The zero-order chi connectivity index (χ0) is 15.4. The van der Waals surface area contributed by atoms with Crippen LogP contribution in [-0.4, -0.2) is 45.7 Å². The highest BCUT2D eigenvalue weighted by molar-refractivity contribution is 7.72. The molecule has 0 saturated carbocycles. The molecule has 0 aromatic heterocycles. The Morgan fingerprint density at radius 3 is 1.06 bits per heavy atom. The van der Waals surface area contributed by atoms with Gasteiger partial charge in [0, 0.05) is 6.16 Å². The Hall–Kier alpha value is 0.410. The van der Waals surface area contributed by atoms with E-state index in [0.29, 0.717) is 0 Å². The second-order valence-corrected chi connectivity index (χ2v) is 9.17. The van der Waals surface area contributed by atoms with Gasteiger partial charge in [-0.25, -0.2) is 0 Å². The van der Waals surface area contributed by atoms with E-state index < -0.39 is 34.3 Å². The molecule has 0 radical (unpaired) electrons. The molecule has 0 aliphatic rings.